The number of H-pyrrole nitrogens is 1. The highest BCUT2D eigenvalue weighted by Gasteiger charge is 2.52. The molecule has 206 valence electrons. The Balaban J connectivity index is 1.50. The number of amidine groups is 1. The maximum absolute atomic E-state index is 13.2. The summed E-state index contributed by atoms with van der Waals surface area (Å²) in [6.45, 7) is 0.000695. The van der Waals surface area contributed by atoms with Gasteiger partial charge in [-0.3, -0.25) is 39.3 Å². The van der Waals surface area contributed by atoms with Gasteiger partial charge in [-0.1, -0.05) is 22.1 Å². The third-order valence-electron chi connectivity index (χ3n) is 5.51. The Morgan fingerprint density at radius 2 is 2.15 bits per heavy atom. The van der Waals surface area contributed by atoms with Crippen molar-refractivity contribution in [3.8, 4) is 0 Å². The molecule has 20 heteroatoms. The fraction of sp³-hybridized carbons (Fsp3) is 0.368. The summed E-state index contributed by atoms with van der Waals surface area (Å²) in [7, 11) is 2.82. The van der Waals surface area contributed by atoms with E-state index in [1.807, 2.05) is 0 Å². The average Bonchev–Trinajstić information content (AvgIpc) is 3.33. The molecular weight excluding hydrogens is 572 g/mol. The van der Waals surface area contributed by atoms with E-state index < -0.39 is 22.9 Å². The lowest BCUT2D eigenvalue weighted by Crippen LogP contribution is -2.64. The second-order valence-electron chi connectivity index (χ2n) is 7.92. The number of hydrogen-bond donors (Lipinski definition) is 5. The number of nitrogens with two attached hydrogens (primary N) is 2. The first-order valence-electron chi connectivity index (χ1n) is 10.9. The van der Waals surface area contributed by atoms with Crippen LogP contribution in [-0.4, -0.2) is 78.5 Å². The zero-order chi connectivity index (χ0) is 28.3. The molecule has 2 aliphatic rings. The summed E-state index contributed by atoms with van der Waals surface area (Å²) in [6, 6.07) is 0. The first-order chi connectivity index (χ1) is 18.7. The first-order valence-corrected chi connectivity index (χ1v) is 13.8. The number of amides is 2. The van der Waals surface area contributed by atoms with E-state index in [1.54, 1.807) is 5.38 Å². The number of aromatic amines is 1. The maximum Gasteiger partial charge on any atom is 0.339 e. The number of nitrogens with zero attached hydrogens (tertiary/aromatic N) is 7. The molecule has 0 bridgehead atoms. The van der Waals surface area contributed by atoms with Crippen molar-refractivity contribution in [1.82, 2.24) is 30.0 Å². The molecular formula is C19H22N12O5S3. The molecule has 4 heterocycles. The van der Waals surface area contributed by atoms with Crippen LogP contribution in [0.4, 0.5) is 5.13 Å². The van der Waals surface area contributed by atoms with E-state index in [0.29, 0.717) is 11.3 Å². The van der Waals surface area contributed by atoms with E-state index >= 15 is 0 Å². The lowest BCUT2D eigenvalue weighted by atomic mass is 9.95. The van der Waals surface area contributed by atoms with Gasteiger partial charge in [0.05, 0.1) is 17.0 Å². The minimum Gasteiger partial charge on any atom is -0.398 e. The van der Waals surface area contributed by atoms with Crippen LogP contribution in [-0.2, 0) is 21.5 Å². The summed E-state index contributed by atoms with van der Waals surface area (Å²) >= 11 is 3.72. The monoisotopic (exact) mass is 594 g/mol. The Morgan fingerprint density at radius 1 is 1.38 bits per heavy atom. The lowest BCUT2D eigenvalue weighted by Gasteiger charge is -2.50. The average molecular weight is 595 g/mol. The molecule has 0 saturated carbocycles. The number of anilines is 1. The topological polar surface area (TPSA) is 252 Å². The normalized spacial score (nSPS) is 19.2. The van der Waals surface area contributed by atoms with Gasteiger partial charge < -0.3 is 21.7 Å². The molecule has 0 spiro atoms. The number of aromatic nitrogens is 4. The number of rotatable bonds is 9. The fourth-order valence-corrected chi connectivity index (χ4v) is 6.80. The van der Waals surface area contributed by atoms with Gasteiger partial charge in [-0.2, -0.15) is 4.98 Å². The number of hydrogen-bond acceptors (Lipinski definition) is 14. The maximum atomic E-state index is 13.2. The number of nitrogen functional groups attached to an aromatic ring is 1. The molecule has 39 heavy (non-hydrogen) atoms. The van der Waals surface area contributed by atoms with Gasteiger partial charge in [0.1, 0.15) is 12.8 Å². The molecule has 17 nitrogen and oxygen atoms in total. The zero-order valence-corrected chi connectivity index (χ0v) is 22.9. The third kappa shape index (κ3) is 5.71. The van der Waals surface area contributed by atoms with Crippen molar-refractivity contribution in [3.63, 3.8) is 0 Å². The molecule has 0 aliphatic carbocycles. The van der Waals surface area contributed by atoms with Gasteiger partial charge in [0.15, 0.2) is 21.8 Å². The van der Waals surface area contributed by atoms with Crippen molar-refractivity contribution in [3.05, 3.63) is 43.1 Å². The van der Waals surface area contributed by atoms with E-state index in [1.165, 1.54) is 35.5 Å². The third-order valence-corrected chi connectivity index (χ3v) is 8.69. The molecule has 0 radical (unpaired) electrons. The van der Waals surface area contributed by atoms with Crippen molar-refractivity contribution in [2.24, 2.45) is 34.3 Å². The molecule has 2 aromatic heterocycles. The summed E-state index contributed by atoms with van der Waals surface area (Å²) < 4.78 is 1.31. The highest BCUT2D eigenvalue weighted by atomic mass is 32.2. The Kier molecular flexibility index (Phi) is 8.45. The highest BCUT2D eigenvalue weighted by Crippen LogP contribution is 2.44. The van der Waals surface area contributed by atoms with Crippen molar-refractivity contribution < 1.29 is 14.4 Å². The van der Waals surface area contributed by atoms with Crippen LogP contribution in [0.1, 0.15) is 5.69 Å². The summed E-state index contributed by atoms with van der Waals surface area (Å²) in [5, 5.41) is 25.6. The second-order valence-corrected chi connectivity index (χ2v) is 10.9. The number of aryl methyl sites for hydroxylation is 1. The van der Waals surface area contributed by atoms with Crippen LogP contribution < -0.4 is 28.0 Å². The number of nitrogens with one attached hydrogen (secondary N) is 3. The van der Waals surface area contributed by atoms with Crippen LogP contribution in [0.15, 0.2) is 46.9 Å². The molecule has 0 aromatic carbocycles. The zero-order valence-electron chi connectivity index (χ0n) is 20.4. The fourth-order valence-electron chi connectivity index (χ4n) is 3.78. The smallest absolute Gasteiger partial charge is 0.339 e. The quantitative estimate of drug-likeness (QED) is 0.0339. The standard InChI is InChI=1S/C19H22N12O5S3/c1-30-19(25-14(33)15(34)27-30)39-5-7-4-37-17-8(16(35)31(17)11(7)12(20)26-29-22)3-23-13(32)10(28-36-2)9-6-38-18(21)24-9/h6,8,17H,3-5H2,1-2H3,(H2,21,24)(H,23,32)(H,27,34)(H3,20,22,26)/b28-10-/t8-,17-/m1/s1. The Morgan fingerprint density at radius 3 is 2.82 bits per heavy atom. The van der Waals surface area contributed by atoms with E-state index in [2.05, 4.69) is 35.9 Å². The van der Waals surface area contributed by atoms with Crippen LogP contribution in [0.2, 0.25) is 0 Å². The van der Waals surface area contributed by atoms with E-state index in [9.17, 15) is 19.2 Å². The number of thioether (sulfide) groups is 2. The number of fused-ring (bicyclic) bond motifs is 1. The van der Waals surface area contributed by atoms with Crippen molar-refractivity contribution >= 4 is 63.4 Å². The molecule has 0 unspecified atom stereocenters. The van der Waals surface area contributed by atoms with Gasteiger partial charge in [-0.15, -0.1) is 28.2 Å². The Hall–Kier alpha value is -4.04. The largest absolute Gasteiger partial charge is 0.398 e. The minimum atomic E-state index is -0.924. The summed E-state index contributed by atoms with van der Waals surface area (Å²) in [5.41, 5.74) is 4.94. The number of carbonyl (C=O) groups is 2. The molecule has 1 fully saturated rings. The molecule has 7 N–H and O–H groups in total. The number of β-lactam (4-membered cyclic amide) rings is 1. The van der Waals surface area contributed by atoms with Crippen LogP contribution in [0.25, 0.3) is 0 Å². The molecule has 4 rings (SSSR count). The highest BCUT2D eigenvalue weighted by molar-refractivity contribution is 8.01. The predicted octanol–water partition coefficient (Wildman–Crippen LogP) is -1.15. The molecule has 1 saturated heterocycles. The van der Waals surface area contributed by atoms with Crippen molar-refractivity contribution in [1.29, 1.82) is 5.41 Å². The number of thiazole rings is 1. The summed E-state index contributed by atoms with van der Waals surface area (Å²) in [6.07, 6.45) is 0. The van der Waals surface area contributed by atoms with Gasteiger partial charge in [0.25, 0.3) is 5.91 Å². The summed E-state index contributed by atoms with van der Waals surface area (Å²) in [5.74, 6) is 3.99. The van der Waals surface area contributed by atoms with Gasteiger partial charge in [0.2, 0.25) is 5.91 Å². The molecule has 2 amide bonds. The van der Waals surface area contributed by atoms with Gasteiger partial charge in [-0.25, -0.2) is 4.98 Å². The van der Waals surface area contributed by atoms with Crippen LogP contribution in [0.5, 0.6) is 0 Å². The van der Waals surface area contributed by atoms with E-state index in [-0.39, 0.29) is 56.8 Å². The summed E-state index contributed by atoms with van der Waals surface area (Å²) in [4.78, 5) is 63.1. The predicted molar refractivity (Wildman–Crippen MR) is 144 cm³/mol. The minimum absolute atomic E-state index is 0.000695. The Labute approximate surface area is 231 Å². The SMILES string of the molecule is CO/N=C(\C(=O)NC[C@@H]1C(=O)N2C(C(=N)N=NN)=C(CSc3nc(=O)c(=O)[nH]n3C)CS[C@H]12)c1csc(N)n1. The Bertz CT molecular complexity index is 1530. The molecule has 2 aliphatic heterocycles. The molecule has 2 atom stereocenters. The van der Waals surface area contributed by atoms with Gasteiger partial charge in [-0.05, 0) is 5.57 Å². The molecule has 2 aromatic rings. The number of oxime groups is 1. The van der Waals surface area contributed by atoms with E-state index in [0.717, 1.165) is 23.1 Å². The van der Waals surface area contributed by atoms with Gasteiger partial charge in [0, 0.05) is 30.5 Å². The van der Waals surface area contributed by atoms with E-state index in [4.69, 9.17) is 21.8 Å². The lowest BCUT2D eigenvalue weighted by molar-refractivity contribution is -0.146. The van der Waals surface area contributed by atoms with Gasteiger partial charge >= 0.3 is 11.1 Å². The van der Waals surface area contributed by atoms with Crippen molar-refractivity contribution in [2.75, 3.05) is 30.9 Å². The number of carbonyl (C=O) groups excluding carboxylic acids is 2. The van der Waals surface area contributed by atoms with Crippen LogP contribution in [0, 0.1) is 11.3 Å². The van der Waals surface area contributed by atoms with Crippen molar-refractivity contribution in [2.45, 2.75) is 10.5 Å². The second kappa shape index (κ2) is 11.8. The van der Waals surface area contributed by atoms with Crippen LogP contribution >= 0.6 is 34.9 Å². The first kappa shape index (κ1) is 28.0. The van der Waals surface area contributed by atoms with Crippen LogP contribution in [0.3, 0.4) is 0 Å².